The molecule has 1 aliphatic heterocycles. The summed E-state index contributed by atoms with van der Waals surface area (Å²) in [4.78, 5) is 7.93. The molecule has 1 aromatic carbocycles. The molecule has 0 bridgehead atoms. The van der Waals surface area contributed by atoms with E-state index in [-0.39, 0.29) is 4.90 Å². The van der Waals surface area contributed by atoms with Crippen molar-refractivity contribution in [1.29, 1.82) is 0 Å². The average Bonchev–Trinajstić information content (AvgIpc) is 2.94. The Morgan fingerprint density at radius 2 is 1.77 bits per heavy atom. The highest BCUT2D eigenvalue weighted by Gasteiger charge is 2.29. The normalized spacial score (nSPS) is 16.9. The number of nitrogens with zero attached hydrogens (tertiary/aromatic N) is 3. The van der Waals surface area contributed by atoms with Gasteiger partial charge in [0.15, 0.2) is 5.13 Å². The van der Waals surface area contributed by atoms with E-state index in [0.717, 1.165) is 10.0 Å². The quantitative estimate of drug-likeness (QED) is 0.847. The smallest absolute Gasteiger partial charge is 0.243 e. The molecule has 0 spiro atoms. The van der Waals surface area contributed by atoms with Crippen LogP contribution in [0.4, 0.5) is 5.13 Å². The lowest BCUT2D eigenvalue weighted by molar-refractivity contribution is 0.385. The second kappa shape index (κ2) is 6.16. The maximum atomic E-state index is 12.6. The Labute approximate surface area is 139 Å². The Bertz CT molecular complexity index is 751. The van der Waals surface area contributed by atoms with E-state index in [2.05, 4.69) is 9.88 Å². The van der Waals surface area contributed by atoms with E-state index in [0.29, 0.717) is 31.2 Å². The third kappa shape index (κ3) is 3.12. The van der Waals surface area contributed by atoms with E-state index in [4.69, 9.17) is 11.6 Å². The van der Waals surface area contributed by atoms with Gasteiger partial charge in [0, 0.05) is 42.3 Å². The third-order valence-electron chi connectivity index (χ3n) is 3.57. The Morgan fingerprint density at radius 3 is 2.32 bits per heavy atom. The summed E-state index contributed by atoms with van der Waals surface area (Å²) >= 11 is 7.45. The highest BCUT2D eigenvalue weighted by atomic mass is 35.5. The van der Waals surface area contributed by atoms with Gasteiger partial charge in [-0.3, -0.25) is 0 Å². The van der Waals surface area contributed by atoms with Crippen LogP contribution >= 0.6 is 22.9 Å². The van der Waals surface area contributed by atoms with Crippen molar-refractivity contribution in [3.63, 3.8) is 0 Å². The third-order valence-corrected chi connectivity index (χ3v) is 6.71. The number of hydrogen-bond donors (Lipinski definition) is 0. The molecule has 0 atom stereocenters. The van der Waals surface area contributed by atoms with E-state index >= 15 is 0 Å². The topological polar surface area (TPSA) is 53.5 Å². The van der Waals surface area contributed by atoms with Crippen LogP contribution in [0.1, 0.15) is 4.88 Å². The predicted octanol–water partition coefficient (Wildman–Crippen LogP) is 2.62. The fourth-order valence-electron chi connectivity index (χ4n) is 2.36. The Kier molecular flexibility index (Phi) is 4.40. The molecule has 2 aromatic rings. The molecule has 0 radical (unpaired) electrons. The number of anilines is 1. The summed E-state index contributed by atoms with van der Waals surface area (Å²) in [7, 11) is -3.45. The van der Waals surface area contributed by atoms with Gasteiger partial charge in [0.05, 0.1) is 4.90 Å². The number of hydrogen-bond acceptors (Lipinski definition) is 5. The first-order valence-electron chi connectivity index (χ1n) is 6.90. The van der Waals surface area contributed by atoms with Gasteiger partial charge in [-0.15, -0.1) is 11.3 Å². The van der Waals surface area contributed by atoms with Crippen molar-refractivity contribution >= 4 is 38.1 Å². The molecular formula is C14H16ClN3O2S2. The monoisotopic (exact) mass is 357 g/mol. The molecule has 22 heavy (non-hydrogen) atoms. The molecule has 5 nitrogen and oxygen atoms in total. The van der Waals surface area contributed by atoms with Crippen LogP contribution in [0.2, 0.25) is 5.02 Å². The summed E-state index contributed by atoms with van der Waals surface area (Å²) in [6.07, 6.45) is 1.84. The van der Waals surface area contributed by atoms with Gasteiger partial charge in [-0.25, -0.2) is 13.4 Å². The van der Waals surface area contributed by atoms with Crippen LogP contribution in [0, 0.1) is 6.92 Å². The van der Waals surface area contributed by atoms with Crippen molar-refractivity contribution in [1.82, 2.24) is 9.29 Å². The maximum absolute atomic E-state index is 12.6. The van der Waals surface area contributed by atoms with Crippen LogP contribution < -0.4 is 4.90 Å². The number of thiazole rings is 1. The number of sulfonamides is 1. The number of aromatic nitrogens is 1. The number of aryl methyl sites for hydroxylation is 1. The summed E-state index contributed by atoms with van der Waals surface area (Å²) in [5, 5.41) is 1.49. The first-order chi connectivity index (χ1) is 10.5. The molecule has 2 heterocycles. The molecule has 1 fully saturated rings. The van der Waals surface area contributed by atoms with Crippen molar-refractivity contribution < 1.29 is 8.42 Å². The van der Waals surface area contributed by atoms with Crippen LogP contribution in [0.15, 0.2) is 35.4 Å². The Morgan fingerprint density at radius 1 is 1.14 bits per heavy atom. The summed E-state index contributed by atoms with van der Waals surface area (Å²) in [5.41, 5.74) is 0. The molecule has 118 valence electrons. The first kappa shape index (κ1) is 15.7. The van der Waals surface area contributed by atoms with Gasteiger partial charge in [0.2, 0.25) is 10.0 Å². The maximum Gasteiger partial charge on any atom is 0.243 e. The zero-order chi connectivity index (χ0) is 15.7. The molecule has 0 amide bonds. The lowest BCUT2D eigenvalue weighted by atomic mass is 10.4. The minimum Gasteiger partial charge on any atom is -0.345 e. The summed E-state index contributed by atoms with van der Waals surface area (Å²) < 4.78 is 26.7. The van der Waals surface area contributed by atoms with E-state index in [1.54, 1.807) is 35.6 Å². The van der Waals surface area contributed by atoms with E-state index in [1.165, 1.54) is 4.31 Å². The van der Waals surface area contributed by atoms with Crippen molar-refractivity contribution in [3.05, 3.63) is 40.4 Å². The van der Waals surface area contributed by atoms with Gasteiger partial charge in [0.1, 0.15) is 0 Å². The number of rotatable bonds is 3. The van der Waals surface area contributed by atoms with Crippen molar-refractivity contribution in [2.75, 3.05) is 31.1 Å². The Hall–Kier alpha value is -1.15. The SMILES string of the molecule is Cc1cnc(N2CCN(S(=O)(=O)c3ccc(Cl)cc3)CC2)s1. The highest BCUT2D eigenvalue weighted by molar-refractivity contribution is 7.89. The van der Waals surface area contributed by atoms with Gasteiger partial charge in [0.25, 0.3) is 0 Å². The van der Waals surface area contributed by atoms with Crippen LogP contribution in [-0.2, 0) is 10.0 Å². The summed E-state index contributed by atoms with van der Waals surface area (Å²) in [5.74, 6) is 0. The summed E-state index contributed by atoms with van der Waals surface area (Å²) in [6, 6.07) is 6.30. The van der Waals surface area contributed by atoms with E-state index < -0.39 is 10.0 Å². The molecule has 0 unspecified atom stereocenters. The molecule has 0 N–H and O–H groups in total. The lowest BCUT2D eigenvalue weighted by Gasteiger charge is -2.33. The van der Waals surface area contributed by atoms with E-state index in [9.17, 15) is 8.42 Å². The average molecular weight is 358 g/mol. The fourth-order valence-corrected chi connectivity index (χ4v) is 4.72. The zero-order valence-corrected chi connectivity index (χ0v) is 14.5. The molecule has 1 aromatic heterocycles. The molecule has 1 saturated heterocycles. The molecule has 3 rings (SSSR count). The highest BCUT2D eigenvalue weighted by Crippen LogP contribution is 2.25. The molecule has 0 aliphatic carbocycles. The number of piperazine rings is 1. The van der Waals surface area contributed by atoms with Crippen LogP contribution in [0.25, 0.3) is 0 Å². The minimum atomic E-state index is -3.45. The zero-order valence-electron chi connectivity index (χ0n) is 12.1. The van der Waals surface area contributed by atoms with Gasteiger partial charge in [-0.1, -0.05) is 11.6 Å². The number of benzene rings is 1. The van der Waals surface area contributed by atoms with E-state index in [1.807, 2.05) is 13.1 Å². The lowest BCUT2D eigenvalue weighted by Crippen LogP contribution is -2.48. The molecule has 1 aliphatic rings. The fraction of sp³-hybridized carbons (Fsp3) is 0.357. The molecule has 0 saturated carbocycles. The van der Waals surface area contributed by atoms with Crippen LogP contribution in [0.5, 0.6) is 0 Å². The predicted molar refractivity (Wildman–Crippen MR) is 89.3 cm³/mol. The van der Waals surface area contributed by atoms with Gasteiger partial charge in [-0.2, -0.15) is 4.31 Å². The van der Waals surface area contributed by atoms with Crippen molar-refractivity contribution in [2.45, 2.75) is 11.8 Å². The van der Waals surface area contributed by atoms with Crippen LogP contribution in [0.3, 0.4) is 0 Å². The molecular weight excluding hydrogens is 342 g/mol. The Balaban J connectivity index is 1.71. The van der Waals surface area contributed by atoms with Gasteiger partial charge >= 0.3 is 0 Å². The number of halogens is 1. The minimum absolute atomic E-state index is 0.287. The summed E-state index contributed by atoms with van der Waals surface area (Å²) in [6.45, 7) is 4.25. The van der Waals surface area contributed by atoms with Crippen LogP contribution in [-0.4, -0.2) is 43.9 Å². The second-order valence-corrected chi connectivity index (χ2v) is 8.69. The largest absolute Gasteiger partial charge is 0.345 e. The van der Waals surface area contributed by atoms with Crippen molar-refractivity contribution in [2.24, 2.45) is 0 Å². The first-order valence-corrected chi connectivity index (χ1v) is 9.53. The second-order valence-electron chi connectivity index (χ2n) is 5.10. The standard InChI is InChI=1S/C14H16ClN3O2S2/c1-11-10-16-14(21-11)17-6-8-18(9-7-17)22(19,20)13-4-2-12(15)3-5-13/h2-5,10H,6-9H2,1H3. The van der Waals surface area contributed by atoms with Crippen molar-refractivity contribution in [3.8, 4) is 0 Å². The van der Waals surface area contributed by atoms with Gasteiger partial charge in [-0.05, 0) is 31.2 Å². The molecule has 8 heteroatoms. The van der Waals surface area contributed by atoms with Gasteiger partial charge < -0.3 is 4.90 Å².